The van der Waals surface area contributed by atoms with Gasteiger partial charge in [-0.2, -0.15) is 0 Å². The van der Waals surface area contributed by atoms with Gasteiger partial charge < -0.3 is 6.15 Å². The smallest absolute Gasteiger partial charge is 0.369 e. The number of hydrogen-bond acceptors (Lipinski definition) is 2. The summed E-state index contributed by atoms with van der Waals surface area (Å²) >= 11 is 0. The van der Waals surface area contributed by atoms with Gasteiger partial charge in [-0.3, -0.25) is 0 Å². The molecule has 82 valence electrons. The van der Waals surface area contributed by atoms with Crippen LogP contribution in [0.5, 0.6) is 0 Å². The van der Waals surface area contributed by atoms with E-state index in [1.807, 2.05) is 0 Å². The Balaban J connectivity index is 0.000000529. The largest absolute Gasteiger partial charge is 0.369 e. The Hall–Kier alpha value is -0.0505. The van der Waals surface area contributed by atoms with Crippen molar-refractivity contribution in [2.75, 3.05) is 0 Å². The van der Waals surface area contributed by atoms with Crippen molar-refractivity contribution in [3.8, 4) is 0 Å². The second-order valence-electron chi connectivity index (χ2n) is 9.97. The molecule has 10 rings (SSSR count). The second kappa shape index (κ2) is 0.357. The van der Waals surface area contributed by atoms with E-state index in [0.717, 1.165) is 43.3 Å². The summed E-state index contributed by atoms with van der Waals surface area (Å²) in [5.41, 5.74) is 0. The Kier molecular flexibility index (Phi) is 0.131. The number of quaternary nitrogens is 1. The molecule has 1 spiro atoms. The van der Waals surface area contributed by atoms with Crippen molar-refractivity contribution >= 4 is 5.97 Å². The first kappa shape index (κ1) is 5.52. The number of carboxylic acid groups (broad SMARTS) is 1. The van der Waals surface area contributed by atoms with E-state index < -0.39 is 12.5 Å². The molecule has 10 aliphatic heterocycles. The Morgan fingerprint density at radius 2 is 1.33 bits per heavy atom. The van der Waals surface area contributed by atoms with Gasteiger partial charge in [0, 0.05) is 0 Å². The zero-order valence-electron chi connectivity index (χ0n) is 8.37. The third-order valence-corrected chi connectivity index (χ3v) is 57.3. The fourth-order valence-corrected chi connectivity index (χ4v) is 90.2. The fourth-order valence-electron chi connectivity index (χ4n) is 16.7. The number of carbonyl (C=O) groups is 1. The van der Waals surface area contributed by atoms with Crippen molar-refractivity contribution in [3.05, 3.63) is 0 Å². The molecular formula is C11H13FeNO2. The maximum Gasteiger partial charge on any atom is -0.369 e. The summed E-state index contributed by atoms with van der Waals surface area (Å²) in [6.07, 6.45) is 0. The summed E-state index contributed by atoms with van der Waals surface area (Å²) in [5, 5.41) is 11.7. The molecule has 4 N–H and O–H groups in total. The van der Waals surface area contributed by atoms with Crippen LogP contribution in [-0.2, 0) is 11.3 Å². The number of aliphatic carboxylic acids is 1. The Morgan fingerprint density at radius 1 is 0.933 bits per heavy atom. The second-order valence-corrected chi connectivity index (χ2v) is 33.5. The average Bonchev–Trinajstić information content (AvgIpc) is 3.13. The fraction of sp³-hybridized carbons (Fsp3) is 0.909. The van der Waals surface area contributed by atoms with Crippen LogP contribution in [-0.4, -0.2) is 5.97 Å². The molecule has 4 heteroatoms. The SMILES string of the molecule is O=C([O-])[C]12[CH]3[CH]4[CH]5[CH]1[Fe]45321678[CH]2[CH]1[CH]6[CH]7[CH]28.[NH4+]. The molecule has 3 nitrogen and oxygen atoms in total. The molecule has 10 saturated heterocycles. The van der Waals surface area contributed by atoms with Crippen LogP contribution in [0.3, 0.4) is 0 Å². The first-order valence-electron chi connectivity index (χ1n) is 5.92. The minimum absolute atomic E-state index is 0. The van der Waals surface area contributed by atoms with Crippen molar-refractivity contribution in [3.63, 3.8) is 0 Å². The molecule has 15 heavy (non-hydrogen) atoms. The summed E-state index contributed by atoms with van der Waals surface area (Å²) in [6, 6.07) is 0. The van der Waals surface area contributed by atoms with Gasteiger partial charge >= 0.3 is 70.0 Å². The van der Waals surface area contributed by atoms with E-state index >= 15 is 0 Å². The van der Waals surface area contributed by atoms with Crippen molar-refractivity contribution < 1.29 is 16.4 Å². The van der Waals surface area contributed by atoms with Crippen molar-refractivity contribution in [2.24, 2.45) is 0 Å². The zero-order valence-corrected chi connectivity index (χ0v) is 9.47. The monoisotopic (exact) mass is 247 g/mol. The van der Waals surface area contributed by atoms with E-state index in [9.17, 15) is 9.90 Å². The Labute approximate surface area is 76.5 Å². The summed E-state index contributed by atoms with van der Waals surface area (Å²) in [6.45, 7) is -3.25. The first-order chi connectivity index (χ1) is 6.49. The molecule has 10 aliphatic rings. The van der Waals surface area contributed by atoms with Gasteiger partial charge in [0.05, 0.1) is 0 Å². The Bertz CT molecular complexity index is 853. The van der Waals surface area contributed by atoms with Gasteiger partial charge in [-0.1, -0.05) is 0 Å². The molecule has 0 amide bonds. The van der Waals surface area contributed by atoms with E-state index in [2.05, 4.69) is 0 Å². The third-order valence-electron chi connectivity index (χ3n) is 15.0. The molecule has 10 fully saturated rings. The molecular weight excluding hydrogens is 234 g/mol. The molecule has 0 bridgehead atoms. The molecule has 0 saturated carbocycles. The molecule has 4 unspecified atom stereocenters. The normalized spacial score (nSPS) is 132. The minimum atomic E-state index is -3.25. The third kappa shape index (κ3) is 0.0415. The van der Waals surface area contributed by atoms with Crippen molar-refractivity contribution in [1.82, 2.24) is 6.15 Å². The van der Waals surface area contributed by atoms with Crippen LogP contribution in [0.2, 0.25) is 47.7 Å². The molecule has 0 aromatic rings. The van der Waals surface area contributed by atoms with E-state index in [-0.39, 0.29) is 10.5 Å². The van der Waals surface area contributed by atoms with E-state index in [0.29, 0.717) is 0 Å². The standard InChI is InChI=1S/C6H5O2.C5H5.Fe.H3N/c7-6(8)5-3-1-2-4-5;1-2-4-5-3-1;;/h1-4H,(H,7,8);1-5H;;1H3. The number of hydrogen-bond donors (Lipinski definition) is 1. The number of carbonyl (C=O) groups excluding carboxylic acids is 1. The van der Waals surface area contributed by atoms with Gasteiger partial charge in [0.2, 0.25) is 0 Å². The summed E-state index contributed by atoms with van der Waals surface area (Å²) in [7, 11) is 0. The zero-order chi connectivity index (χ0) is 8.59. The number of fused-ring (bicyclic) bond motifs is 10. The average molecular weight is 247 g/mol. The predicted molar refractivity (Wildman–Crippen MR) is 47.4 cm³/mol. The molecule has 10 heterocycles. The first-order valence-corrected chi connectivity index (χ1v) is 12.2. The van der Waals surface area contributed by atoms with Crippen LogP contribution in [0.4, 0.5) is 0 Å². The number of rotatable bonds is 1. The van der Waals surface area contributed by atoms with Gasteiger partial charge in [-0.15, -0.1) is 0 Å². The van der Waals surface area contributed by atoms with Crippen LogP contribution in [0, 0.1) is 0 Å². The van der Waals surface area contributed by atoms with Crippen LogP contribution < -0.4 is 11.3 Å². The topological polar surface area (TPSA) is 76.6 Å². The predicted octanol–water partition coefficient (Wildman–Crippen LogP) is 1.87. The minimum Gasteiger partial charge on any atom is -0.369 e. The van der Waals surface area contributed by atoms with Crippen molar-refractivity contribution in [1.29, 1.82) is 0 Å². The van der Waals surface area contributed by atoms with Crippen LogP contribution in [0.25, 0.3) is 0 Å². The maximum absolute atomic E-state index is 11.7. The van der Waals surface area contributed by atoms with E-state index in [1.54, 1.807) is 0 Å². The van der Waals surface area contributed by atoms with E-state index in [1.165, 1.54) is 0 Å². The van der Waals surface area contributed by atoms with Gasteiger partial charge in [-0.25, -0.2) is 0 Å². The summed E-state index contributed by atoms with van der Waals surface area (Å²) in [5.74, 6) is -0.524. The van der Waals surface area contributed by atoms with Crippen LogP contribution in [0.1, 0.15) is 0 Å². The Morgan fingerprint density at radius 3 is 1.40 bits per heavy atom. The summed E-state index contributed by atoms with van der Waals surface area (Å²) in [4.78, 5) is 21.3. The number of carboxylic acids is 1. The van der Waals surface area contributed by atoms with Gasteiger partial charge in [0.25, 0.3) is 0 Å². The van der Waals surface area contributed by atoms with Gasteiger partial charge in [-0.05, 0) is 0 Å². The van der Waals surface area contributed by atoms with Crippen LogP contribution >= 0.6 is 0 Å². The molecule has 0 aliphatic carbocycles. The quantitative estimate of drug-likeness (QED) is 0.718. The molecule has 0 radical (unpaired) electrons. The van der Waals surface area contributed by atoms with Gasteiger partial charge in [0.1, 0.15) is 0 Å². The summed E-state index contributed by atoms with van der Waals surface area (Å²) < 4.78 is -0.000926. The van der Waals surface area contributed by atoms with Gasteiger partial charge in [0.15, 0.2) is 0 Å². The maximum atomic E-state index is 11.7. The molecule has 0 aromatic heterocycles. The molecule has 0 aromatic carbocycles. The van der Waals surface area contributed by atoms with Crippen LogP contribution in [0.15, 0.2) is 0 Å². The van der Waals surface area contributed by atoms with Crippen molar-refractivity contribution in [2.45, 2.75) is 47.7 Å². The van der Waals surface area contributed by atoms with E-state index in [4.69, 9.17) is 0 Å². The molecule has 4 atom stereocenters.